The Morgan fingerprint density at radius 1 is 1.33 bits per heavy atom. The average molecular weight is 249 g/mol. The lowest BCUT2D eigenvalue weighted by Crippen LogP contribution is -2.51. The molecule has 2 heterocycles. The van der Waals surface area contributed by atoms with Crippen LogP contribution in [0.1, 0.15) is 19.0 Å². The zero-order chi connectivity index (χ0) is 13.0. The molecule has 1 saturated heterocycles. The molecule has 4 nitrogen and oxygen atoms in total. The van der Waals surface area contributed by atoms with Gasteiger partial charge in [-0.05, 0) is 25.5 Å². The summed E-state index contributed by atoms with van der Waals surface area (Å²) in [5.41, 5.74) is 2.33. The van der Waals surface area contributed by atoms with Crippen LogP contribution in [0.3, 0.4) is 0 Å². The molecule has 0 radical (unpaired) electrons. The molecule has 0 amide bonds. The summed E-state index contributed by atoms with van der Waals surface area (Å²) in [6.45, 7) is 8.55. The second-order valence-electron chi connectivity index (χ2n) is 4.92. The first-order chi connectivity index (χ1) is 8.74. The van der Waals surface area contributed by atoms with Crippen molar-refractivity contribution in [2.24, 2.45) is 0 Å². The zero-order valence-electron chi connectivity index (χ0n) is 11.3. The van der Waals surface area contributed by atoms with Gasteiger partial charge in [0.15, 0.2) is 0 Å². The van der Waals surface area contributed by atoms with E-state index >= 15 is 0 Å². The maximum atomic E-state index is 9.33. The van der Waals surface area contributed by atoms with Gasteiger partial charge in [0.2, 0.25) is 0 Å². The molecule has 0 aromatic carbocycles. The Morgan fingerprint density at radius 2 is 2.06 bits per heavy atom. The molecule has 0 bridgehead atoms. The zero-order valence-corrected chi connectivity index (χ0v) is 11.3. The molecule has 0 spiro atoms. The number of anilines is 1. The Kier molecular flexibility index (Phi) is 4.55. The van der Waals surface area contributed by atoms with Gasteiger partial charge >= 0.3 is 0 Å². The fourth-order valence-corrected chi connectivity index (χ4v) is 2.58. The highest BCUT2D eigenvalue weighted by Crippen LogP contribution is 2.17. The fourth-order valence-electron chi connectivity index (χ4n) is 2.58. The maximum Gasteiger partial charge on any atom is 0.0586 e. The monoisotopic (exact) mass is 249 g/mol. The summed E-state index contributed by atoms with van der Waals surface area (Å²) >= 11 is 0. The predicted molar refractivity (Wildman–Crippen MR) is 73.9 cm³/mol. The summed E-state index contributed by atoms with van der Waals surface area (Å²) in [6, 6.07) is 4.54. The van der Waals surface area contributed by atoms with Crippen molar-refractivity contribution in [2.45, 2.75) is 26.3 Å². The van der Waals surface area contributed by atoms with Crippen LogP contribution >= 0.6 is 0 Å². The molecular formula is C14H23N3O. The molecule has 1 aliphatic rings. The molecule has 0 saturated carbocycles. The quantitative estimate of drug-likeness (QED) is 0.872. The first-order valence-electron chi connectivity index (χ1n) is 6.77. The first kappa shape index (κ1) is 13.3. The minimum Gasteiger partial charge on any atom is -0.395 e. The summed E-state index contributed by atoms with van der Waals surface area (Å²) in [5.74, 6) is 0. The topological polar surface area (TPSA) is 39.6 Å². The Morgan fingerprint density at radius 3 is 2.61 bits per heavy atom. The number of aliphatic hydroxyl groups is 1. The number of pyridine rings is 1. The van der Waals surface area contributed by atoms with E-state index in [2.05, 4.69) is 33.8 Å². The van der Waals surface area contributed by atoms with Gasteiger partial charge in [0.25, 0.3) is 0 Å². The largest absolute Gasteiger partial charge is 0.395 e. The van der Waals surface area contributed by atoms with Crippen LogP contribution in [0.2, 0.25) is 0 Å². The molecule has 100 valence electrons. The third-order valence-corrected chi connectivity index (χ3v) is 3.76. The van der Waals surface area contributed by atoms with Crippen molar-refractivity contribution < 1.29 is 5.11 Å². The molecule has 1 fully saturated rings. The van der Waals surface area contributed by atoms with Gasteiger partial charge in [0.05, 0.1) is 6.61 Å². The summed E-state index contributed by atoms with van der Waals surface area (Å²) in [6.07, 6.45) is 2.89. The van der Waals surface area contributed by atoms with Crippen LogP contribution in [0.4, 0.5) is 5.69 Å². The summed E-state index contributed by atoms with van der Waals surface area (Å²) in [7, 11) is 0. The van der Waals surface area contributed by atoms with Crippen molar-refractivity contribution in [3.05, 3.63) is 24.0 Å². The van der Waals surface area contributed by atoms with Crippen LogP contribution < -0.4 is 4.90 Å². The van der Waals surface area contributed by atoms with Crippen molar-refractivity contribution in [1.29, 1.82) is 0 Å². The van der Waals surface area contributed by atoms with Crippen LogP contribution in [0.5, 0.6) is 0 Å². The fraction of sp³-hybridized carbons (Fsp3) is 0.643. The molecule has 1 aromatic heterocycles. The number of piperazine rings is 1. The highest BCUT2D eigenvalue weighted by molar-refractivity contribution is 5.46. The molecule has 2 rings (SSSR count). The minimum absolute atomic E-state index is 0.269. The normalized spacial score (nSPS) is 18.9. The van der Waals surface area contributed by atoms with Gasteiger partial charge in [0, 0.05) is 49.8 Å². The van der Waals surface area contributed by atoms with E-state index in [1.807, 2.05) is 13.1 Å². The van der Waals surface area contributed by atoms with Gasteiger partial charge in [-0.1, -0.05) is 6.92 Å². The van der Waals surface area contributed by atoms with Crippen molar-refractivity contribution in [2.75, 3.05) is 37.7 Å². The van der Waals surface area contributed by atoms with Crippen molar-refractivity contribution >= 4 is 5.69 Å². The highest BCUT2D eigenvalue weighted by Gasteiger charge is 2.22. The van der Waals surface area contributed by atoms with E-state index in [-0.39, 0.29) is 6.61 Å². The van der Waals surface area contributed by atoms with Crippen molar-refractivity contribution in [1.82, 2.24) is 9.88 Å². The van der Waals surface area contributed by atoms with Crippen molar-refractivity contribution in [3.8, 4) is 0 Å². The van der Waals surface area contributed by atoms with E-state index in [1.165, 1.54) is 5.69 Å². The van der Waals surface area contributed by atoms with Gasteiger partial charge < -0.3 is 10.0 Å². The lowest BCUT2D eigenvalue weighted by atomic mass is 10.1. The van der Waals surface area contributed by atoms with Crippen LogP contribution in [0, 0.1) is 6.92 Å². The third-order valence-electron chi connectivity index (χ3n) is 3.76. The first-order valence-corrected chi connectivity index (χ1v) is 6.77. The summed E-state index contributed by atoms with van der Waals surface area (Å²) in [5, 5.41) is 9.33. The molecule has 1 unspecified atom stereocenters. The molecule has 1 atom stereocenters. The van der Waals surface area contributed by atoms with Gasteiger partial charge in [-0.3, -0.25) is 9.88 Å². The van der Waals surface area contributed by atoms with Gasteiger partial charge in [-0.2, -0.15) is 0 Å². The second kappa shape index (κ2) is 6.16. The summed E-state index contributed by atoms with van der Waals surface area (Å²) < 4.78 is 0. The summed E-state index contributed by atoms with van der Waals surface area (Å²) in [4.78, 5) is 9.03. The smallest absolute Gasteiger partial charge is 0.0586 e. The molecule has 18 heavy (non-hydrogen) atoms. The van der Waals surface area contributed by atoms with E-state index < -0.39 is 0 Å². The van der Waals surface area contributed by atoms with E-state index in [1.54, 1.807) is 0 Å². The van der Waals surface area contributed by atoms with Crippen molar-refractivity contribution in [3.63, 3.8) is 0 Å². The Balaban J connectivity index is 1.94. The lowest BCUT2D eigenvalue weighted by molar-refractivity contribution is 0.114. The van der Waals surface area contributed by atoms with E-state index in [9.17, 15) is 5.11 Å². The van der Waals surface area contributed by atoms with Gasteiger partial charge in [-0.25, -0.2) is 0 Å². The molecule has 4 heteroatoms. The number of rotatable bonds is 4. The minimum atomic E-state index is 0.269. The van der Waals surface area contributed by atoms with Gasteiger partial charge in [-0.15, -0.1) is 0 Å². The number of aromatic nitrogens is 1. The number of nitrogens with zero attached hydrogens (tertiary/aromatic N) is 3. The Labute approximate surface area is 109 Å². The number of hydrogen-bond donors (Lipinski definition) is 1. The SMILES string of the molecule is CCC(CO)N1CCN(c2ccnc(C)c2)CC1. The standard InChI is InChI=1S/C14H23N3O/c1-3-13(11-18)16-6-8-17(9-7-16)14-4-5-15-12(2)10-14/h4-5,10,13,18H,3,6-9,11H2,1-2H3. The number of aliphatic hydroxyl groups excluding tert-OH is 1. The molecule has 1 N–H and O–H groups in total. The van der Waals surface area contributed by atoms with Crippen LogP contribution in [0.25, 0.3) is 0 Å². The Bertz CT molecular complexity index is 371. The predicted octanol–water partition coefficient (Wildman–Crippen LogP) is 1.28. The number of hydrogen-bond acceptors (Lipinski definition) is 4. The van der Waals surface area contributed by atoms with E-state index in [0.717, 1.165) is 38.3 Å². The van der Waals surface area contributed by atoms with Crippen LogP contribution in [-0.4, -0.2) is 53.8 Å². The average Bonchev–Trinajstić information content (AvgIpc) is 2.41. The van der Waals surface area contributed by atoms with Gasteiger partial charge in [0.1, 0.15) is 0 Å². The van der Waals surface area contributed by atoms with E-state index in [4.69, 9.17) is 0 Å². The van der Waals surface area contributed by atoms with Crippen LogP contribution in [-0.2, 0) is 0 Å². The molecule has 0 aliphatic carbocycles. The lowest BCUT2D eigenvalue weighted by Gasteiger charge is -2.39. The third kappa shape index (κ3) is 3.00. The molecular weight excluding hydrogens is 226 g/mol. The molecule has 1 aliphatic heterocycles. The van der Waals surface area contributed by atoms with Crippen LogP contribution in [0.15, 0.2) is 18.3 Å². The van der Waals surface area contributed by atoms with E-state index in [0.29, 0.717) is 6.04 Å². The highest BCUT2D eigenvalue weighted by atomic mass is 16.3. The maximum absolute atomic E-state index is 9.33. The molecule has 1 aromatic rings. The second-order valence-corrected chi connectivity index (χ2v) is 4.92. The number of aryl methyl sites for hydroxylation is 1. The Hall–Kier alpha value is -1.13.